The van der Waals surface area contributed by atoms with E-state index in [0.717, 1.165) is 4.57 Å². The number of nitrogen functional groups attached to an aromatic ring is 2. The molecule has 142 valence electrons. The highest BCUT2D eigenvalue weighted by Gasteiger charge is 2.34. The topological polar surface area (TPSA) is 125 Å². The molecule has 1 unspecified atom stereocenters. The number of hydrogen-bond donors (Lipinski definition) is 3. The van der Waals surface area contributed by atoms with Crippen molar-refractivity contribution in [2.75, 3.05) is 29.6 Å². The van der Waals surface area contributed by atoms with Crippen LogP contribution in [0.3, 0.4) is 0 Å². The maximum absolute atomic E-state index is 15.3. The molecule has 1 aliphatic carbocycles. The van der Waals surface area contributed by atoms with Crippen LogP contribution in [0.1, 0.15) is 25.3 Å². The third kappa shape index (κ3) is 2.43. The van der Waals surface area contributed by atoms with Gasteiger partial charge in [-0.2, -0.15) is 4.68 Å². The van der Waals surface area contributed by atoms with E-state index in [1.165, 1.54) is 4.90 Å². The van der Waals surface area contributed by atoms with Crippen molar-refractivity contribution < 1.29 is 8.78 Å². The lowest BCUT2D eigenvalue weighted by Crippen LogP contribution is -2.45. The zero-order valence-corrected chi connectivity index (χ0v) is 14.6. The molecule has 4 rings (SSSR count). The van der Waals surface area contributed by atoms with E-state index in [1.807, 2.05) is 0 Å². The summed E-state index contributed by atoms with van der Waals surface area (Å²) in [6.07, 6.45) is 1.87. The van der Waals surface area contributed by atoms with E-state index in [9.17, 15) is 14.0 Å². The van der Waals surface area contributed by atoms with Gasteiger partial charge in [0, 0.05) is 25.2 Å². The van der Waals surface area contributed by atoms with Crippen LogP contribution in [0.5, 0.6) is 0 Å². The fourth-order valence-corrected chi connectivity index (χ4v) is 3.48. The molecule has 2 fully saturated rings. The van der Waals surface area contributed by atoms with Crippen molar-refractivity contribution in [2.24, 2.45) is 5.73 Å². The lowest BCUT2D eigenvalue weighted by Gasteiger charge is -2.23. The molecular formula is C15H19ClF2N6O2. The van der Waals surface area contributed by atoms with Crippen molar-refractivity contribution in [2.45, 2.75) is 31.3 Å². The zero-order chi connectivity index (χ0) is 18.0. The van der Waals surface area contributed by atoms with Crippen LogP contribution in [-0.2, 0) is 0 Å². The van der Waals surface area contributed by atoms with Gasteiger partial charge in [0.15, 0.2) is 11.6 Å². The molecule has 6 N–H and O–H groups in total. The number of hydrogen-bond acceptors (Lipinski definition) is 6. The second kappa shape index (κ2) is 6.13. The molecule has 8 nitrogen and oxygen atoms in total. The number of nitrogens with zero attached hydrogens (tertiary/aromatic N) is 3. The van der Waals surface area contributed by atoms with Gasteiger partial charge in [0.1, 0.15) is 5.69 Å². The Bertz CT molecular complexity index is 1020. The predicted octanol–water partition coefficient (Wildman–Crippen LogP) is 0.0315. The van der Waals surface area contributed by atoms with Gasteiger partial charge in [0.05, 0.1) is 16.6 Å². The molecule has 2 heterocycles. The van der Waals surface area contributed by atoms with Crippen molar-refractivity contribution in [1.29, 1.82) is 0 Å². The summed E-state index contributed by atoms with van der Waals surface area (Å²) in [5.41, 5.74) is 8.65. The van der Waals surface area contributed by atoms with Crippen molar-refractivity contribution in [1.82, 2.24) is 9.24 Å². The van der Waals surface area contributed by atoms with Gasteiger partial charge in [-0.05, 0) is 19.3 Å². The Hall–Kier alpha value is -2.33. The maximum atomic E-state index is 15.3. The average Bonchev–Trinajstić information content (AvgIpc) is 3.32. The van der Waals surface area contributed by atoms with E-state index in [4.69, 9.17) is 17.3 Å². The third-order valence-corrected chi connectivity index (χ3v) is 4.91. The minimum absolute atomic E-state index is 0. The van der Waals surface area contributed by atoms with Gasteiger partial charge in [-0.15, -0.1) is 12.4 Å². The Morgan fingerprint density at radius 2 is 1.73 bits per heavy atom. The van der Waals surface area contributed by atoms with Crippen LogP contribution in [0.4, 0.5) is 20.2 Å². The van der Waals surface area contributed by atoms with Crippen LogP contribution in [0.15, 0.2) is 9.59 Å². The number of benzene rings is 1. The maximum Gasteiger partial charge on any atom is 0.350 e. The van der Waals surface area contributed by atoms with E-state index >= 15 is 4.39 Å². The van der Waals surface area contributed by atoms with Crippen LogP contribution < -0.4 is 33.5 Å². The van der Waals surface area contributed by atoms with Crippen LogP contribution in [0.25, 0.3) is 10.9 Å². The van der Waals surface area contributed by atoms with Crippen LogP contribution in [0.2, 0.25) is 0 Å². The first-order valence-corrected chi connectivity index (χ1v) is 8.06. The number of fused-ring (bicyclic) bond motifs is 1. The molecule has 0 radical (unpaired) electrons. The fourth-order valence-electron chi connectivity index (χ4n) is 3.48. The first kappa shape index (κ1) is 18.5. The number of halogens is 3. The highest BCUT2D eigenvalue weighted by Crippen LogP contribution is 2.40. The molecule has 2 aliphatic rings. The lowest BCUT2D eigenvalue weighted by molar-refractivity contribution is 0.571. The summed E-state index contributed by atoms with van der Waals surface area (Å²) in [5.74, 6) is 3.50. The summed E-state index contributed by atoms with van der Waals surface area (Å²) in [6, 6.07) is -0.489. The van der Waals surface area contributed by atoms with Gasteiger partial charge in [0.25, 0.3) is 5.56 Å². The number of nitrogens with two attached hydrogens (primary N) is 3. The largest absolute Gasteiger partial charge is 0.396 e. The van der Waals surface area contributed by atoms with Crippen molar-refractivity contribution in [3.05, 3.63) is 32.5 Å². The second-order valence-corrected chi connectivity index (χ2v) is 6.67. The molecule has 11 heteroatoms. The Morgan fingerprint density at radius 3 is 2.27 bits per heavy atom. The van der Waals surface area contributed by atoms with Gasteiger partial charge in [-0.1, -0.05) is 0 Å². The molecule has 1 aliphatic heterocycles. The van der Waals surface area contributed by atoms with Crippen LogP contribution in [-0.4, -0.2) is 28.4 Å². The quantitative estimate of drug-likeness (QED) is 0.492. The molecular weight excluding hydrogens is 370 g/mol. The van der Waals surface area contributed by atoms with E-state index in [0.29, 0.717) is 30.5 Å². The fraction of sp³-hybridized carbons (Fsp3) is 0.467. The summed E-state index contributed by atoms with van der Waals surface area (Å²) in [5, 5.41) is -0.406. The number of aromatic nitrogens is 2. The third-order valence-electron chi connectivity index (χ3n) is 4.91. The minimum atomic E-state index is -1.03. The summed E-state index contributed by atoms with van der Waals surface area (Å²) < 4.78 is 31.6. The molecule has 2 aromatic rings. The molecule has 0 amide bonds. The van der Waals surface area contributed by atoms with Crippen molar-refractivity contribution >= 4 is 34.7 Å². The summed E-state index contributed by atoms with van der Waals surface area (Å²) in [6.45, 7) is 0.627. The van der Waals surface area contributed by atoms with Gasteiger partial charge in [-0.3, -0.25) is 9.36 Å². The lowest BCUT2D eigenvalue weighted by atomic mass is 10.1. The van der Waals surface area contributed by atoms with Gasteiger partial charge >= 0.3 is 5.69 Å². The average molecular weight is 389 g/mol. The molecule has 1 aromatic heterocycles. The first-order chi connectivity index (χ1) is 11.8. The summed E-state index contributed by atoms with van der Waals surface area (Å²) in [7, 11) is 0. The highest BCUT2D eigenvalue weighted by atomic mass is 35.5. The van der Waals surface area contributed by atoms with E-state index < -0.39 is 34.0 Å². The molecule has 1 aromatic carbocycles. The van der Waals surface area contributed by atoms with E-state index in [2.05, 4.69) is 0 Å². The number of rotatable bonds is 2. The zero-order valence-electron chi connectivity index (χ0n) is 13.7. The Balaban J connectivity index is 0.00000196. The standard InChI is InChI=1S/C15H18F2N6O2.ClH/c16-9-11(19)8-12(10(17)13(9)21-4-3-6(18)5-21)22(7-1-2-7)15(25)23(20)14(8)24;/h6-7H,1-5,18-20H2;1H. The van der Waals surface area contributed by atoms with Gasteiger partial charge in [0.2, 0.25) is 0 Å². The van der Waals surface area contributed by atoms with Crippen LogP contribution in [0, 0.1) is 11.6 Å². The molecule has 0 spiro atoms. The minimum Gasteiger partial charge on any atom is -0.396 e. The van der Waals surface area contributed by atoms with Crippen LogP contribution >= 0.6 is 12.4 Å². The van der Waals surface area contributed by atoms with E-state index in [1.54, 1.807) is 0 Å². The molecule has 1 atom stereocenters. The van der Waals surface area contributed by atoms with Gasteiger partial charge in [-0.25, -0.2) is 13.6 Å². The molecule has 1 saturated carbocycles. The smallest absolute Gasteiger partial charge is 0.350 e. The first-order valence-electron chi connectivity index (χ1n) is 8.06. The second-order valence-electron chi connectivity index (χ2n) is 6.67. The monoisotopic (exact) mass is 388 g/mol. The normalized spacial score (nSPS) is 19.8. The summed E-state index contributed by atoms with van der Waals surface area (Å²) in [4.78, 5) is 26.2. The van der Waals surface area contributed by atoms with Crippen molar-refractivity contribution in [3.8, 4) is 0 Å². The molecule has 26 heavy (non-hydrogen) atoms. The summed E-state index contributed by atoms with van der Waals surface area (Å²) >= 11 is 0. The highest BCUT2D eigenvalue weighted by molar-refractivity contribution is 5.94. The Kier molecular flexibility index (Phi) is 4.35. The predicted molar refractivity (Wildman–Crippen MR) is 97.3 cm³/mol. The molecule has 0 bridgehead atoms. The van der Waals surface area contributed by atoms with Crippen molar-refractivity contribution in [3.63, 3.8) is 0 Å². The van der Waals surface area contributed by atoms with Gasteiger partial charge < -0.3 is 22.2 Å². The Labute approximate surface area is 152 Å². The number of anilines is 2. The van der Waals surface area contributed by atoms with E-state index in [-0.39, 0.29) is 42.2 Å². The SMILES string of the molecule is Cl.Nc1c(F)c(N2CCC(N)C2)c(F)c2c1c(=O)n(N)c(=O)n2C1CC1. The molecule has 1 saturated heterocycles. The Morgan fingerprint density at radius 1 is 1.08 bits per heavy atom.